The van der Waals surface area contributed by atoms with Crippen molar-refractivity contribution in [1.29, 1.82) is 0 Å². The number of carboxylic acids is 1. The Morgan fingerprint density at radius 3 is 2.18 bits per heavy atom. The van der Waals surface area contributed by atoms with Crippen LogP contribution in [0.4, 0.5) is 4.79 Å². The Labute approximate surface area is 164 Å². The Balaban J connectivity index is 1.44. The number of fused-ring (bicyclic) bond motifs is 3. The summed E-state index contributed by atoms with van der Waals surface area (Å²) in [5.74, 6) is -1.38. The standard InChI is InChI=1S/C23H25NO4/c25-22(26)19-12-2-1-3-13-21(19)24-23(27)28-14-20-17-10-6-4-8-15(17)16-9-5-7-11-18(16)20/h4-11,19-21H,1-3,12-14H2,(H,24,27)(H,25,26)/t19-,21+/m0/s1. The molecule has 0 heterocycles. The normalized spacial score (nSPS) is 21.3. The number of nitrogens with one attached hydrogen (secondary N) is 1. The van der Waals surface area contributed by atoms with Gasteiger partial charge in [0.25, 0.3) is 0 Å². The molecule has 0 bridgehead atoms. The Morgan fingerprint density at radius 1 is 0.929 bits per heavy atom. The Bertz CT molecular complexity index is 833. The number of aliphatic carboxylic acids is 1. The maximum atomic E-state index is 12.4. The molecule has 2 aliphatic carbocycles. The van der Waals surface area contributed by atoms with Crippen LogP contribution in [0.1, 0.15) is 49.1 Å². The maximum Gasteiger partial charge on any atom is 0.407 e. The molecule has 2 aliphatic rings. The van der Waals surface area contributed by atoms with Crippen LogP contribution in [0, 0.1) is 5.92 Å². The van der Waals surface area contributed by atoms with Crippen molar-refractivity contribution in [2.24, 2.45) is 5.92 Å². The zero-order valence-corrected chi connectivity index (χ0v) is 15.8. The Morgan fingerprint density at radius 2 is 1.54 bits per heavy atom. The number of hydrogen-bond acceptors (Lipinski definition) is 3. The van der Waals surface area contributed by atoms with E-state index >= 15 is 0 Å². The summed E-state index contributed by atoms with van der Waals surface area (Å²) in [4.78, 5) is 24.0. The molecule has 0 radical (unpaired) electrons. The van der Waals surface area contributed by atoms with Gasteiger partial charge in [-0.15, -0.1) is 0 Å². The van der Waals surface area contributed by atoms with E-state index in [2.05, 4.69) is 29.6 Å². The van der Waals surface area contributed by atoms with Crippen LogP contribution in [0.25, 0.3) is 11.1 Å². The summed E-state index contributed by atoms with van der Waals surface area (Å²) in [5.41, 5.74) is 4.69. The number of carbonyl (C=O) groups is 2. The topological polar surface area (TPSA) is 75.6 Å². The number of ether oxygens (including phenoxy) is 1. The van der Waals surface area contributed by atoms with E-state index in [0.29, 0.717) is 12.8 Å². The number of amides is 1. The molecule has 0 unspecified atom stereocenters. The third-order valence-electron chi connectivity index (χ3n) is 5.98. The number of carboxylic acid groups (broad SMARTS) is 1. The Hall–Kier alpha value is -2.82. The van der Waals surface area contributed by atoms with Gasteiger partial charge in [0.15, 0.2) is 0 Å². The fraction of sp³-hybridized carbons (Fsp3) is 0.391. The fourth-order valence-corrected chi connectivity index (χ4v) is 4.57. The first-order valence-corrected chi connectivity index (χ1v) is 9.99. The van der Waals surface area contributed by atoms with Crippen LogP contribution in [0.15, 0.2) is 48.5 Å². The van der Waals surface area contributed by atoms with E-state index in [-0.39, 0.29) is 18.6 Å². The van der Waals surface area contributed by atoms with Crippen LogP contribution >= 0.6 is 0 Å². The SMILES string of the molecule is O=C(N[C@@H]1CCCCC[C@@H]1C(=O)O)OCC1c2ccccc2-c2ccccc21. The second kappa shape index (κ2) is 8.05. The molecule has 2 aromatic rings. The minimum atomic E-state index is -0.842. The minimum Gasteiger partial charge on any atom is -0.481 e. The molecule has 0 aliphatic heterocycles. The average Bonchev–Trinajstić information content (AvgIpc) is 2.83. The summed E-state index contributed by atoms with van der Waals surface area (Å²) in [5, 5.41) is 12.3. The van der Waals surface area contributed by atoms with Gasteiger partial charge in [-0.25, -0.2) is 4.79 Å². The van der Waals surface area contributed by atoms with E-state index in [1.54, 1.807) is 0 Å². The molecule has 146 valence electrons. The van der Waals surface area contributed by atoms with Crippen LogP contribution in [-0.4, -0.2) is 29.8 Å². The van der Waals surface area contributed by atoms with Crippen molar-refractivity contribution >= 4 is 12.1 Å². The smallest absolute Gasteiger partial charge is 0.407 e. The molecule has 2 atom stereocenters. The Kier molecular flexibility index (Phi) is 5.33. The van der Waals surface area contributed by atoms with Gasteiger partial charge in [-0.2, -0.15) is 0 Å². The lowest BCUT2D eigenvalue weighted by Gasteiger charge is -2.23. The van der Waals surface area contributed by atoms with E-state index in [1.807, 2.05) is 24.3 Å². The van der Waals surface area contributed by atoms with Crippen molar-refractivity contribution in [2.75, 3.05) is 6.61 Å². The molecular formula is C23H25NO4. The first-order valence-electron chi connectivity index (χ1n) is 9.99. The highest BCUT2D eigenvalue weighted by molar-refractivity contribution is 5.79. The second-order valence-electron chi connectivity index (χ2n) is 7.66. The third-order valence-corrected chi connectivity index (χ3v) is 5.98. The van der Waals surface area contributed by atoms with Gasteiger partial charge in [-0.3, -0.25) is 4.79 Å². The first kappa shape index (κ1) is 18.5. The van der Waals surface area contributed by atoms with Crippen molar-refractivity contribution in [3.05, 3.63) is 59.7 Å². The van der Waals surface area contributed by atoms with E-state index in [1.165, 1.54) is 11.1 Å². The molecule has 1 fully saturated rings. The molecule has 5 nitrogen and oxygen atoms in total. The highest BCUT2D eigenvalue weighted by atomic mass is 16.5. The second-order valence-corrected chi connectivity index (χ2v) is 7.66. The molecule has 0 spiro atoms. The predicted molar refractivity (Wildman–Crippen MR) is 106 cm³/mol. The van der Waals surface area contributed by atoms with Gasteiger partial charge in [0, 0.05) is 12.0 Å². The molecule has 2 N–H and O–H groups in total. The molecule has 0 aromatic heterocycles. The first-order chi connectivity index (χ1) is 13.6. The van der Waals surface area contributed by atoms with Crippen molar-refractivity contribution in [1.82, 2.24) is 5.32 Å². The molecule has 1 amide bonds. The van der Waals surface area contributed by atoms with Crippen molar-refractivity contribution in [2.45, 2.75) is 44.1 Å². The monoisotopic (exact) mass is 379 g/mol. The van der Waals surface area contributed by atoms with Gasteiger partial charge < -0.3 is 15.2 Å². The molecule has 0 saturated heterocycles. The third kappa shape index (κ3) is 3.61. The van der Waals surface area contributed by atoms with Gasteiger partial charge in [-0.1, -0.05) is 67.8 Å². The number of alkyl carbamates (subject to hydrolysis) is 1. The molecule has 1 saturated carbocycles. The summed E-state index contributed by atoms with van der Waals surface area (Å²) in [6, 6.07) is 16.0. The molecule has 28 heavy (non-hydrogen) atoms. The van der Waals surface area contributed by atoms with Gasteiger partial charge in [0.1, 0.15) is 6.61 Å². The predicted octanol–water partition coefficient (Wildman–Crippen LogP) is 4.56. The van der Waals surface area contributed by atoms with E-state index in [9.17, 15) is 14.7 Å². The molecule has 5 heteroatoms. The number of benzene rings is 2. The lowest BCUT2D eigenvalue weighted by Crippen LogP contribution is -2.43. The van der Waals surface area contributed by atoms with Crippen LogP contribution in [0.2, 0.25) is 0 Å². The van der Waals surface area contributed by atoms with Gasteiger partial charge in [-0.05, 0) is 35.1 Å². The summed E-state index contributed by atoms with van der Waals surface area (Å²) < 4.78 is 5.57. The molecule has 4 rings (SSSR count). The van der Waals surface area contributed by atoms with Gasteiger partial charge >= 0.3 is 12.1 Å². The quantitative estimate of drug-likeness (QED) is 0.764. The number of rotatable bonds is 4. The van der Waals surface area contributed by atoms with E-state index in [4.69, 9.17) is 4.74 Å². The molecular weight excluding hydrogens is 354 g/mol. The van der Waals surface area contributed by atoms with Crippen LogP contribution in [0.5, 0.6) is 0 Å². The van der Waals surface area contributed by atoms with Gasteiger partial charge in [0.2, 0.25) is 0 Å². The van der Waals surface area contributed by atoms with Crippen LogP contribution < -0.4 is 5.32 Å². The summed E-state index contributed by atoms with van der Waals surface area (Å²) in [7, 11) is 0. The van der Waals surface area contributed by atoms with E-state index in [0.717, 1.165) is 30.4 Å². The molecule has 2 aromatic carbocycles. The highest BCUT2D eigenvalue weighted by Gasteiger charge is 2.32. The van der Waals surface area contributed by atoms with E-state index < -0.39 is 18.0 Å². The summed E-state index contributed by atoms with van der Waals surface area (Å²) in [6.07, 6.45) is 3.58. The van der Waals surface area contributed by atoms with Crippen molar-refractivity contribution < 1.29 is 19.4 Å². The lowest BCUT2D eigenvalue weighted by atomic mass is 9.95. The van der Waals surface area contributed by atoms with Crippen LogP contribution in [-0.2, 0) is 9.53 Å². The fourth-order valence-electron chi connectivity index (χ4n) is 4.57. The summed E-state index contributed by atoms with van der Waals surface area (Å²) >= 11 is 0. The summed E-state index contributed by atoms with van der Waals surface area (Å²) in [6.45, 7) is 0.240. The van der Waals surface area contributed by atoms with Crippen LogP contribution in [0.3, 0.4) is 0 Å². The maximum absolute atomic E-state index is 12.4. The number of carbonyl (C=O) groups excluding carboxylic acids is 1. The number of hydrogen-bond donors (Lipinski definition) is 2. The largest absolute Gasteiger partial charge is 0.481 e. The van der Waals surface area contributed by atoms with Crippen molar-refractivity contribution in [3.8, 4) is 11.1 Å². The lowest BCUT2D eigenvalue weighted by molar-refractivity contribution is -0.142. The zero-order valence-electron chi connectivity index (χ0n) is 15.8. The van der Waals surface area contributed by atoms with Gasteiger partial charge in [0.05, 0.1) is 5.92 Å². The highest BCUT2D eigenvalue weighted by Crippen LogP contribution is 2.44. The minimum absolute atomic E-state index is 0.00237. The average molecular weight is 379 g/mol. The van der Waals surface area contributed by atoms with Crippen molar-refractivity contribution in [3.63, 3.8) is 0 Å². The zero-order chi connectivity index (χ0) is 19.5.